The van der Waals surface area contributed by atoms with Crippen molar-refractivity contribution in [2.24, 2.45) is 0 Å². The zero-order valence-corrected chi connectivity index (χ0v) is 13.1. The molecular formula is C20H19NO. The fraction of sp³-hybridized carbons (Fsp3) is 0.150. The Hall–Kier alpha value is -2.61. The fourth-order valence-electron chi connectivity index (χ4n) is 2.64. The van der Waals surface area contributed by atoms with E-state index in [0.29, 0.717) is 0 Å². The maximum absolute atomic E-state index is 5.25. The Balaban J connectivity index is 2.18. The number of rotatable bonds is 3. The van der Waals surface area contributed by atoms with E-state index in [1.807, 2.05) is 24.4 Å². The van der Waals surface area contributed by atoms with Gasteiger partial charge >= 0.3 is 0 Å². The van der Waals surface area contributed by atoms with Gasteiger partial charge in [-0.05, 0) is 48.7 Å². The highest BCUT2D eigenvalue weighted by atomic mass is 16.5. The van der Waals surface area contributed by atoms with E-state index >= 15 is 0 Å². The number of ether oxygens (including phenoxy) is 1. The van der Waals surface area contributed by atoms with Crippen LogP contribution in [-0.4, -0.2) is 12.1 Å². The van der Waals surface area contributed by atoms with Gasteiger partial charge in [0.2, 0.25) is 0 Å². The Morgan fingerprint density at radius 1 is 0.864 bits per heavy atom. The predicted molar refractivity (Wildman–Crippen MR) is 91.1 cm³/mol. The minimum absolute atomic E-state index is 0.868. The van der Waals surface area contributed by atoms with Crippen molar-refractivity contribution < 1.29 is 4.74 Å². The van der Waals surface area contributed by atoms with E-state index in [4.69, 9.17) is 4.74 Å². The lowest BCUT2D eigenvalue weighted by atomic mass is 9.94. The summed E-state index contributed by atoms with van der Waals surface area (Å²) in [5.41, 5.74) is 6.99. The molecule has 2 nitrogen and oxygen atoms in total. The lowest BCUT2D eigenvalue weighted by Crippen LogP contribution is -1.92. The van der Waals surface area contributed by atoms with E-state index < -0.39 is 0 Å². The first-order valence-corrected chi connectivity index (χ1v) is 7.36. The van der Waals surface area contributed by atoms with Crippen molar-refractivity contribution >= 4 is 0 Å². The van der Waals surface area contributed by atoms with Gasteiger partial charge < -0.3 is 4.74 Å². The van der Waals surface area contributed by atoms with E-state index in [2.05, 4.69) is 55.2 Å². The quantitative estimate of drug-likeness (QED) is 0.674. The summed E-state index contributed by atoms with van der Waals surface area (Å²) in [6.07, 6.45) is 1.85. The van der Waals surface area contributed by atoms with Crippen LogP contribution in [0.25, 0.3) is 22.4 Å². The highest BCUT2D eigenvalue weighted by Crippen LogP contribution is 2.34. The summed E-state index contributed by atoms with van der Waals surface area (Å²) >= 11 is 0. The zero-order chi connectivity index (χ0) is 15.5. The number of aryl methyl sites for hydroxylation is 2. The smallest absolute Gasteiger partial charge is 0.118 e. The number of hydrogen-bond acceptors (Lipinski definition) is 2. The molecule has 0 saturated heterocycles. The molecule has 110 valence electrons. The molecule has 0 atom stereocenters. The highest BCUT2D eigenvalue weighted by molar-refractivity contribution is 5.83. The Kier molecular flexibility index (Phi) is 3.92. The minimum atomic E-state index is 0.868. The normalized spacial score (nSPS) is 10.5. The van der Waals surface area contributed by atoms with E-state index in [0.717, 1.165) is 17.0 Å². The summed E-state index contributed by atoms with van der Waals surface area (Å²) < 4.78 is 5.25. The van der Waals surface area contributed by atoms with Crippen LogP contribution < -0.4 is 4.74 Å². The molecule has 0 saturated carbocycles. The molecule has 0 radical (unpaired) electrons. The van der Waals surface area contributed by atoms with Crippen LogP contribution in [0.3, 0.4) is 0 Å². The lowest BCUT2D eigenvalue weighted by Gasteiger charge is -2.13. The van der Waals surface area contributed by atoms with Gasteiger partial charge in [0.1, 0.15) is 5.75 Å². The lowest BCUT2D eigenvalue weighted by molar-refractivity contribution is 0.415. The van der Waals surface area contributed by atoms with Crippen molar-refractivity contribution in [3.8, 4) is 28.1 Å². The Morgan fingerprint density at radius 2 is 1.64 bits per heavy atom. The summed E-state index contributed by atoms with van der Waals surface area (Å²) in [5, 5.41) is 0. The topological polar surface area (TPSA) is 22.1 Å². The molecule has 0 aliphatic heterocycles. The van der Waals surface area contributed by atoms with Crippen molar-refractivity contribution in [2.75, 3.05) is 7.11 Å². The molecule has 0 fully saturated rings. The first-order chi connectivity index (χ1) is 10.7. The van der Waals surface area contributed by atoms with Crippen LogP contribution in [0, 0.1) is 13.8 Å². The van der Waals surface area contributed by atoms with E-state index in [-0.39, 0.29) is 0 Å². The van der Waals surface area contributed by atoms with Gasteiger partial charge in [-0.15, -0.1) is 0 Å². The fourth-order valence-corrected chi connectivity index (χ4v) is 2.64. The van der Waals surface area contributed by atoms with Gasteiger partial charge in [-0.3, -0.25) is 4.98 Å². The third-order valence-corrected chi connectivity index (χ3v) is 3.84. The molecule has 3 rings (SSSR count). The third kappa shape index (κ3) is 2.73. The molecule has 3 aromatic rings. The van der Waals surface area contributed by atoms with Gasteiger partial charge in [0, 0.05) is 11.8 Å². The summed E-state index contributed by atoms with van der Waals surface area (Å²) in [4.78, 5) is 4.57. The highest BCUT2D eigenvalue weighted by Gasteiger charge is 2.11. The second kappa shape index (κ2) is 6.02. The minimum Gasteiger partial charge on any atom is -0.497 e. The number of nitrogens with zero attached hydrogens (tertiary/aromatic N) is 1. The number of aromatic nitrogens is 1. The Bertz CT molecular complexity index is 791. The zero-order valence-electron chi connectivity index (χ0n) is 13.1. The summed E-state index contributed by atoms with van der Waals surface area (Å²) in [5.74, 6) is 0.868. The number of benzene rings is 2. The van der Waals surface area contributed by atoms with Crippen LogP contribution in [0.5, 0.6) is 5.75 Å². The molecule has 22 heavy (non-hydrogen) atoms. The molecule has 0 amide bonds. The third-order valence-electron chi connectivity index (χ3n) is 3.84. The maximum Gasteiger partial charge on any atom is 0.118 e. The molecule has 0 aliphatic rings. The van der Waals surface area contributed by atoms with Crippen LogP contribution in [0.15, 0.2) is 60.8 Å². The molecule has 1 aromatic heterocycles. The van der Waals surface area contributed by atoms with Crippen LogP contribution in [0.1, 0.15) is 11.1 Å². The van der Waals surface area contributed by atoms with Crippen LogP contribution in [0.4, 0.5) is 0 Å². The van der Waals surface area contributed by atoms with Crippen molar-refractivity contribution in [1.82, 2.24) is 4.98 Å². The van der Waals surface area contributed by atoms with Crippen LogP contribution in [0.2, 0.25) is 0 Å². The van der Waals surface area contributed by atoms with Gasteiger partial charge in [0.25, 0.3) is 0 Å². The molecule has 0 N–H and O–H groups in total. The molecule has 0 aliphatic carbocycles. The van der Waals surface area contributed by atoms with Gasteiger partial charge in [0.05, 0.1) is 12.8 Å². The monoisotopic (exact) mass is 289 g/mol. The first-order valence-electron chi connectivity index (χ1n) is 7.36. The second-order valence-electron chi connectivity index (χ2n) is 5.45. The largest absolute Gasteiger partial charge is 0.497 e. The summed E-state index contributed by atoms with van der Waals surface area (Å²) in [6, 6.07) is 18.7. The molecule has 0 bridgehead atoms. The van der Waals surface area contributed by atoms with E-state index in [1.54, 1.807) is 7.11 Å². The second-order valence-corrected chi connectivity index (χ2v) is 5.45. The van der Waals surface area contributed by atoms with Gasteiger partial charge in [0.15, 0.2) is 0 Å². The average molecular weight is 289 g/mol. The van der Waals surface area contributed by atoms with Crippen molar-refractivity contribution in [1.29, 1.82) is 0 Å². The van der Waals surface area contributed by atoms with Crippen LogP contribution >= 0.6 is 0 Å². The Labute approximate surface area is 131 Å². The van der Waals surface area contributed by atoms with Gasteiger partial charge in [-0.2, -0.15) is 0 Å². The molecule has 1 heterocycles. The van der Waals surface area contributed by atoms with Crippen LogP contribution in [-0.2, 0) is 0 Å². The molecule has 2 aromatic carbocycles. The average Bonchev–Trinajstić information content (AvgIpc) is 2.56. The number of methoxy groups -OCH3 is 1. The van der Waals surface area contributed by atoms with Gasteiger partial charge in [-0.25, -0.2) is 0 Å². The molecule has 0 spiro atoms. The van der Waals surface area contributed by atoms with E-state index in [1.165, 1.54) is 22.3 Å². The Morgan fingerprint density at radius 3 is 2.32 bits per heavy atom. The summed E-state index contributed by atoms with van der Waals surface area (Å²) in [6.45, 7) is 4.21. The predicted octanol–water partition coefficient (Wildman–Crippen LogP) is 5.04. The van der Waals surface area contributed by atoms with Crippen molar-refractivity contribution in [3.05, 3.63) is 71.9 Å². The SMILES string of the molecule is COc1ccc(-c2cc(C)ccc2-c2ncccc2C)cc1. The molecule has 0 unspecified atom stereocenters. The molecular weight excluding hydrogens is 270 g/mol. The number of pyridine rings is 1. The standard InChI is InChI=1S/C20H19NO/c1-14-6-11-18(20-15(2)5-4-12-21-20)19(13-14)16-7-9-17(22-3)10-8-16/h4-13H,1-3H3. The van der Waals surface area contributed by atoms with E-state index in [9.17, 15) is 0 Å². The number of hydrogen-bond donors (Lipinski definition) is 0. The maximum atomic E-state index is 5.25. The molecule has 2 heteroatoms. The van der Waals surface area contributed by atoms with Crippen molar-refractivity contribution in [2.45, 2.75) is 13.8 Å². The first kappa shape index (κ1) is 14.3. The van der Waals surface area contributed by atoms with Gasteiger partial charge in [-0.1, -0.05) is 42.0 Å². The summed E-state index contributed by atoms with van der Waals surface area (Å²) in [7, 11) is 1.68. The van der Waals surface area contributed by atoms with Crippen molar-refractivity contribution in [3.63, 3.8) is 0 Å².